The van der Waals surface area contributed by atoms with E-state index in [1.807, 2.05) is 24.3 Å². The third kappa shape index (κ3) is 6.88. The lowest BCUT2D eigenvalue weighted by molar-refractivity contribution is -0.135. The summed E-state index contributed by atoms with van der Waals surface area (Å²) in [6.07, 6.45) is 6.93. The first-order valence-electron chi connectivity index (χ1n) is 18.8. The molecule has 3 aliphatic rings. The van der Waals surface area contributed by atoms with E-state index in [0.717, 1.165) is 49.4 Å². The highest BCUT2D eigenvalue weighted by Crippen LogP contribution is 2.48. The summed E-state index contributed by atoms with van der Waals surface area (Å²) in [5.41, 5.74) is 3.39. The maximum atomic E-state index is 13.1. The van der Waals surface area contributed by atoms with E-state index in [1.165, 1.54) is 28.6 Å². The number of esters is 1. The van der Waals surface area contributed by atoms with Crippen molar-refractivity contribution in [3.05, 3.63) is 131 Å². The number of carbonyl (C=O) groups excluding carboxylic acids is 2. The molecule has 8 heteroatoms. The van der Waals surface area contributed by atoms with Crippen LogP contribution in [0.2, 0.25) is 10.1 Å². The number of methoxy groups -OCH3 is 1. The highest BCUT2D eigenvalue weighted by molar-refractivity contribution is 6.99. The van der Waals surface area contributed by atoms with Crippen molar-refractivity contribution < 1.29 is 23.5 Å². The van der Waals surface area contributed by atoms with Crippen LogP contribution in [0.25, 0.3) is 0 Å². The van der Waals surface area contributed by atoms with Gasteiger partial charge in [-0.25, -0.2) is 4.79 Å². The van der Waals surface area contributed by atoms with Gasteiger partial charge < -0.3 is 18.8 Å². The first-order valence-corrected chi connectivity index (χ1v) is 21.1. The molecule has 4 aromatic rings. The Morgan fingerprint density at radius 1 is 1.00 bits per heavy atom. The number of anilines is 1. The lowest BCUT2D eigenvalue weighted by Gasteiger charge is -2.50. The number of ether oxygens (including phenoxy) is 2. The highest BCUT2D eigenvalue weighted by Gasteiger charge is 2.53. The molecular weight excluding hydrogens is 698 g/mol. The fourth-order valence-corrected chi connectivity index (χ4v) is 14.1. The molecule has 0 aromatic heterocycles. The number of hydrogen-bond donors (Lipinski definition) is 0. The summed E-state index contributed by atoms with van der Waals surface area (Å²) in [6.45, 7) is 13.3. The van der Waals surface area contributed by atoms with Crippen molar-refractivity contribution >= 4 is 47.7 Å². The molecule has 7 rings (SSSR count). The maximum absolute atomic E-state index is 13.1. The van der Waals surface area contributed by atoms with E-state index in [0.29, 0.717) is 30.4 Å². The first-order chi connectivity index (χ1) is 25.5. The largest absolute Gasteiger partial charge is 0.490 e. The number of rotatable bonds is 10. The Morgan fingerprint density at radius 3 is 2.30 bits per heavy atom. The minimum absolute atomic E-state index is 0.163. The summed E-state index contributed by atoms with van der Waals surface area (Å²) in [5, 5.41) is 3.08. The molecule has 1 saturated carbocycles. The molecule has 4 atom stereocenters. The molecule has 0 saturated heterocycles. The summed E-state index contributed by atoms with van der Waals surface area (Å²) in [6, 6.07) is 33.2. The Morgan fingerprint density at radius 2 is 1.70 bits per heavy atom. The number of aryl methyl sites for hydroxylation is 1. The summed E-state index contributed by atoms with van der Waals surface area (Å²) in [5.74, 6) is -0.292. The SMILES string of the molecule is C=CC(O[Si](c1ccccc1)(c1ccccc1)C(C)(C)C)[C@@H]1CC[C@H]1CN1C[C@@]2(CCCc3cc(Cl)ccc32)COc2ccc(C(=O)C(=O)OC)cc21. The van der Waals surface area contributed by atoms with Crippen molar-refractivity contribution in [1.29, 1.82) is 0 Å². The van der Waals surface area contributed by atoms with Gasteiger partial charge in [-0.1, -0.05) is 105 Å². The average Bonchev–Trinajstić information content (AvgIpc) is 3.31. The van der Waals surface area contributed by atoms with E-state index in [9.17, 15) is 9.59 Å². The van der Waals surface area contributed by atoms with Crippen molar-refractivity contribution in [2.45, 2.75) is 69.4 Å². The van der Waals surface area contributed by atoms with Gasteiger partial charge in [0, 0.05) is 29.1 Å². The molecule has 1 aliphatic heterocycles. The van der Waals surface area contributed by atoms with Gasteiger partial charge in [-0.3, -0.25) is 4.79 Å². The monoisotopic (exact) mass is 747 g/mol. The molecule has 4 aromatic carbocycles. The second-order valence-corrected chi connectivity index (χ2v) is 20.8. The molecule has 1 heterocycles. The Bertz CT molecular complexity index is 1940. The number of carbonyl (C=O) groups is 2. The van der Waals surface area contributed by atoms with Gasteiger partial charge in [0.05, 0.1) is 25.5 Å². The fourth-order valence-electron chi connectivity index (χ4n) is 9.21. The van der Waals surface area contributed by atoms with Crippen molar-refractivity contribution in [1.82, 2.24) is 0 Å². The minimum atomic E-state index is -2.83. The van der Waals surface area contributed by atoms with E-state index in [2.05, 4.69) is 105 Å². The van der Waals surface area contributed by atoms with Gasteiger partial charge in [-0.2, -0.15) is 0 Å². The normalized spacial score (nSPS) is 21.6. The lowest BCUT2D eigenvalue weighted by atomic mass is 9.68. The standard InChI is InChI=1S/C45H50ClNO5Si/c1-6-40(52-53(44(2,3)4,35-15-9-7-10-16-35)36-17-11-8-12-18-36)37-22-19-33(37)28-47-29-45(25-13-14-31-26-34(46)21-23-38(31)45)30-51-41-24-20-32(27-39(41)47)42(48)43(49)50-5/h6-12,15-18,20-21,23-24,26-27,33,37,40H,1,13-14,19,22,25,28-30H2,2-5H3/t33-,37+,40?,45-/m0/s1. The summed E-state index contributed by atoms with van der Waals surface area (Å²) in [4.78, 5) is 27.9. The Hall–Kier alpha value is -4.17. The number of fused-ring (bicyclic) bond motifs is 3. The lowest BCUT2D eigenvalue weighted by Crippen LogP contribution is -2.68. The van der Waals surface area contributed by atoms with Crippen LogP contribution >= 0.6 is 11.6 Å². The third-order valence-electron chi connectivity index (χ3n) is 12.0. The fraction of sp³-hybridized carbons (Fsp3) is 0.378. The number of hydrogen-bond acceptors (Lipinski definition) is 6. The quantitative estimate of drug-likeness (QED) is 0.0535. The summed E-state index contributed by atoms with van der Waals surface area (Å²) >= 11 is 6.50. The van der Waals surface area contributed by atoms with Gasteiger partial charge in [0.25, 0.3) is 14.1 Å². The molecule has 0 amide bonds. The molecule has 0 radical (unpaired) electrons. The molecule has 1 unspecified atom stereocenters. The zero-order valence-corrected chi connectivity index (χ0v) is 33.0. The Kier molecular flexibility index (Phi) is 10.5. The van der Waals surface area contributed by atoms with Crippen LogP contribution in [0, 0.1) is 11.8 Å². The molecule has 0 N–H and O–H groups in total. The van der Waals surface area contributed by atoms with Gasteiger partial charge >= 0.3 is 5.97 Å². The number of nitrogens with zero attached hydrogens (tertiary/aromatic N) is 1. The third-order valence-corrected chi connectivity index (χ3v) is 17.3. The van der Waals surface area contributed by atoms with E-state index in [1.54, 1.807) is 6.07 Å². The van der Waals surface area contributed by atoms with Gasteiger partial charge in [0.1, 0.15) is 5.75 Å². The molecule has 2 aliphatic carbocycles. The van der Waals surface area contributed by atoms with E-state index in [4.69, 9.17) is 25.5 Å². The van der Waals surface area contributed by atoms with Crippen LogP contribution in [0.3, 0.4) is 0 Å². The Balaban J connectivity index is 1.26. The van der Waals surface area contributed by atoms with Crippen molar-refractivity contribution in [2.24, 2.45) is 11.8 Å². The summed E-state index contributed by atoms with van der Waals surface area (Å²) < 4.78 is 19.1. The van der Waals surface area contributed by atoms with Crippen LogP contribution in [0.4, 0.5) is 5.69 Å². The average molecular weight is 748 g/mol. The first kappa shape index (κ1) is 37.2. The minimum Gasteiger partial charge on any atom is -0.490 e. The van der Waals surface area contributed by atoms with Crippen LogP contribution in [0.5, 0.6) is 5.75 Å². The van der Waals surface area contributed by atoms with Crippen molar-refractivity contribution in [3.8, 4) is 5.75 Å². The molecule has 0 bridgehead atoms. The van der Waals surface area contributed by atoms with Crippen molar-refractivity contribution in [2.75, 3.05) is 31.7 Å². The predicted molar refractivity (Wildman–Crippen MR) is 215 cm³/mol. The zero-order valence-electron chi connectivity index (χ0n) is 31.3. The van der Waals surface area contributed by atoms with Crippen LogP contribution in [-0.2, 0) is 25.8 Å². The molecule has 276 valence electrons. The topological polar surface area (TPSA) is 65.1 Å². The van der Waals surface area contributed by atoms with Gasteiger partial charge in [0.15, 0.2) is 0 Å². The van der Waals surface area contributed by atoms with E-state index >= 15 is 0 Å². The van der Waals surface area contributed by atoms with Gasteiger partial charge in [-0.05, 0) is 101 Å². The van der Waals surface area contributed by atoms with Crippen LogP contribution < -0.4 is 20.0 Å². The van der Waals surface area contributed by atoms with Gasteiger partial charge in [0.2, 0.25) is 0 Å². The number of halogens is 1. The van der Waals surface area contributed by atoms with Crippen LogP contribution in [0.1, 0.15) is 67.9 Å². The number of Topliss-reactive ketones (excluding diaryl/α,β-unsaturated/α-hetero) is 1. The molecule has 1 spiro atoms. The van der Waals surface area contributed by atoms with Gasteiger partial charge in [-0.15, -0.1) is 6.58 Å². The maximum Gasteiger partial charge on any atom is 0.379 e. The van der Waals surface area contributed by atoms with Crippen LogP contribution in [0.15, 0.2) is 110 Å². The zero-order chi connectivity index (χ0) is 37.4. The number of ketones is 1. The molecular formula is C45H50ClNO5Si. The second-order valence-electron chi connectivity index (χ2n) is 16.1. The smallest absolute Gasteiger partial charge is 0.379 e. The Labute approximate surface area is 320 Å². The van der Waals surface area contributed by atoms with Crippen molar-refractivity contribution in [3.63, 3.8) is 0 Å². The number of benzene rings is 4. The molecule has 1 fully saturated rings. The van der Waals surface area contributed by atoms with Crippen LogP contribution in [-0.4, -0.2) is 53.0 Å². The summed E-state index contributed by atoms with van der Waals surface area (Å²) in [7, 11) is -1.60. The highest BCUT2D eigenvalue weighted by atomic mass is 35.5. The van der Waals surface area contributed by atoms with E-state index in [-0.39, 0.29) is 22.5 Å². The second kappa shape index (κ2) is 14.9. The molecule has 53 heavy (non-hydrogen) atoms. The van der Waals surface area contributed by atoms with E-state index < -0.39 is 20.1 Å². The predicted octanol–water partition coefficient (Wildman–Crippen LogP) is 8.33. The molecule has 6 nitrogen and oxygen atoms in total.